The summed E-state index contributed by atoms with van der Waals surface area (Å²) in [4.78, 5) is 0. The van der Waals surface area contributed by atoms with Crippen LogP contribution in [0, 0.1) is 0 Å². The molecule has 1 N–H and O–H groups in total. The van der Waals surface area contributed by atoms with Crippen molar-refractivity contribution in [3.8, 4) is 5.75 Å². The van der Waals surface area contributed by atoms with Gasteiger partial charge in [-0.2, -0.15) is 5.10 Å². The molecule has 0 bridgehead atoms. The highest BCUT2D eigenvalue weighted by Crippen LogP contribution is 2.28. The highest BCUT2D eigenvalue weighted by molar-refractivity contribution is 5.28. The zero-order chi connectivity index (χ0) is 13.4. The Balaban J connectivity index is 2.94. The Labute approximate surface area is 111 Å². The molecule has 0 saturated heterocycles. The normalized spacial score (nSPS) is 12.7. The van der Waals surface area contributed by atoms with Crippen LogP contribution in [0.4, 0.5) is 0 Å². The van der Waals surface area contributed by atoms with Gasteiger partial charge in [-0.3, -0.25) is 4.68 Å². The fourth-order valence-electron chi connectivity index (χ4n) is 2.22. The van der Waals surface area contributed by atoms with E-state index in [2.05, 4.69) is 35.9 Å². The second kappa shape index (κ2) is 8.14. The van der Waals surface area contributed by atoms with Gasteiger partial charge in [0.25, 0.3) is 0 Å². The van der Waals surface area contributed by atoms with Gasteiger partial charge in [0.15, 0.2) is 5.75 Å². The van der Waals surface area contributed by atoms with Crippen LogP contribution < -0.4 is 10.1 Å². The third-order valence-corrected chi connectivity index (χ3v) is 3.05. The number of methoxy groups -OCH3 is 1. The summed E-state index contributed by atoms with van der Waals surface area (Å²) >= 11 is 0. The maximum atomic E-state index is 5.46. The Morgan fingerprint density at radius 2 is 2.06 bits per heavy atom. The monoisotopic (exact) mass is 253 g/mol. The summed E-state index contributed by atoms with van der Waals surface area (Å²) in [5.74, 6) is 0.908. The summed E-state index contributed by atoms with van der Waals surface area (Å²) in [6.45, 7) is 8.56. The number of hydrogen-bond acceptors (Lipinski definition) is 3. The van der Waals surface area contributed by atoms with Gasteiger partial charge >= 0.3 is 0 Å². The van der Waals surface area contributed by atoms with Crippen LogP contribution in [0.1, 0.15) is 58.2 Å². The Kier molecular flexibility index (Phi) is 6.80. The fraction of sp³-hybridized carbons (Fsp3) is 0.786. The lowest BCUT2D eigenvalue weighted by atomic mass is 10.1. The average molecular weight is 253 g/mol. The molecule has 18 heavy (non-hydrogen) atoms. The van der Waals surface area contributed by atoms with E-state index >= 15 is 0 Å². The summed E-state index contributed by atoms with van der Waals surface area (Å²) in [7, 11) is 1.72. The van der Waals surface area contributed by atoms with E-state index in [0.717, 1.165) is 44.5 Å². The van der Waals surface area contributed by atoms with E-state index in [1.807, 2.05) is 6.20 Å². The molecule has 0 aromatic carbocycles. The number of rotatable bonds is 9. The zero-order valence-corrected chi connectivity index (χ0v) is 12.2. The molecular weight excluding hydrogens is 226 g/mol. The van der Waals surface area contributed by atoms with Gasteiger partial charge in [0, 0.05) is 6.54 Å². The van der Waals surface area contributed by atoms with Crippen molar-refractivity contribution in [2.24, 2.45) is 0 Å². The number of aryl methyl sites for hydroxylation is 1. The van der Waals surface area contributed by atoms with E-state index in [1.54, 1.807) is 7.11 Å². The Hall–Kier alpha value is -1.03. The maximum absolute atomic E-state index is 5.46. The first-order valence-corrected chi connectivity index (χ1v) is 7.11. The molecule has 4 heteroatoms. The van der Waals surface area contributed by atoms with E-state index in [-0.39, 0.29) is 0 Å². The van der Waals surface area contributed by atoms with E-state index in [1.165, 1.54) is 5.69 Å². The molecule has 0 amide bonds. The topological polar surface area (TPSA) is 39.1 Å². The Morgan fingerprint density at radius 3 is 2.61 bits per heavy atom. The van der Waals surface area contributed by atoms with Crippen molar-refractivity contribution in [2.75, 3.05) is 13.7 Å². The van der Waals surface area contributed by atoms with Crippen molar-refractivity contribution in [1.82, 2.24) is 15.1 Å². The Bertz CT molecular complexity index is 336. The smallest absolute Gasteiger partial charge is 0.161 e. The number of aromatic nitrogens is 2. The van der Waals surface area contributed by atoms with Crippen molar-refractivity contribution in [3.05, 3.63) is 11.9 Å². The summed E-state index contributed by atoms with van der Waals surface area (Å²) in [6.07, 6.45) is 6.34. The molecule has 0 saturated carbocycles. The predicted octanol–water partition coefficient (Wildman–Crippen LogP) is 3.14. The molecule has 0 radical (unpaired) electrons. The minimum absolute atomic E-state index is 0.346. The van der Waals surface area contributed by atoms with Gasteiger partial charge in [-0.05, 0) is 25.8 Å². The van der Waals surface area contributed by atoms with Crippen molar-refractivity contribution < 1.29 is 4.74 Å². The van der Waals surface area contributed by atoms with Crippen LogP contribution in [-0.4, -0.2) is 23.4 Å². The van der Waals surface area contributed by atoms with Crippen LogP contribution in [-0.2, 0) is 6.54 Å². The van der Waals surface area contributed by atoms with Crippen LogP contribution in [0.5, 0.6) is 5.75 Å². The quantitative estimate of drug-likeness (QED) is 0.735. The summed E-state index contributed by atoms with van der Waals surface area (Å²) in [6, 6.07) is 0.346. The van der Waals surface area contributed by atoms with Gasteiger partial charge in [0.2, 0.25) is 0 Å². The van der Waals surface area contributed by atoms with Crippen molar-refractivity contribution in [1.29, 1.82) is 0 Å². The lowest BCUT2D eigenvalue weighted by molar-refractivity contribution is 0.382. The van der Waals surface area contributed by atoms with E-state index < -0.39 is 0 Å². The molecule has 4 nitrogen and oxygen atoms in total. The highest BCUT2D eigenvalue weighted by Gasteiger charge is 2.20. The number of hydrogen-bond donors (Lipinski definition) is 1. The molecular formula is C14H27N3O. The first-order valence-electron chi connectivity index (χ1n) is 7.11. The van der Waals surface area contributed by atoms with Crippen molar-refractivity contribution >= 4 is 0 Å². The van der Waals surface area contributed by atoms with Crippen molar-refractivity contribution in [2.45, 2.75) is 59.0 Å². The molecule has 0 fully saturated rings. The fourth-order valence-corrected chi connectivity index (χ4v) is 2.22. The molecule has 0 spiro atoms. The predicted molar refractivity (Wildman–Crippen MR) is 75.0 cm³/mol. The molecule has 1 unspecified atom stereocenters. The molecule has 1 heterocycles. The van der Waals surface area contributed by atoms with Gasteiger partial charge in [-0.15, -0.1) is 0 Å². The summed E-state index contributed by atoms with van der Waals surface area (Å²) in [5.41, 5.74) is 1.20. The molecule has 1 atom stereocenters. The summed E-state index contributed by atoms with van der Waals surface area (Å²) in [5, 5.41) is 8.05. The number of nitrogens with zero attached hydrogens (tertiary/aromatic N) is 2. The van der Waals surface area contributed by atoms with E-state index in [9.17, 15) is 0 Å². The molecule has 1 rings (SSSR count). The second-order valence-corrected chi connectivity index (χ2v) is 4.62. The lowest BCUT2D eigenvalue weighted by Crippen LogP contribution is -2.25. The highest BCUT2D eigenvalue weighted by atomic mass is 16.5. The lowest BCUT2D eigenvalue weighted by Gasteiger charge is -2.20. The molecule has 104 valence electrons. The van der Waals surface area contributed by atoms with Crippen LogP contribution >= 0.6 is 0 Å². The molecule has 1 aromatic heterocycles. The maximum Gasteiger partial charge on any atom is 0.161 e. The Morgan fingerprint density at radius 1 is 1.28 bits per heavy atom. The molecule has 0 aliphatic heterocycles. The van der Waals surface area contributed by atoms with Crippen LogP contribution in [0.3, 0.4) is 0 Å². The molecule has 0 aliphatic carbocycles. The minimum Gasteiger partial charge on any atom is -0.493 e. The van der Waals surface area contributed by atoms with Crippen LogP contribution in [0.2, 0.25) is 0 Å². The van der Waals surface area contributed by atoms with Gasteiger partial charge in [0.1, 0.15) is 0 Å². The average Bonchev–Trinajstić information content (AvgIpc) is 2.78. The van der Waals surface area contributed by atoms with Crippen LogP contribution in [0.15, 0.2) is 6.20 Å². The standard InChI is InChI=1S/C14H27N3O/c1-5-8-12(15-9-6-2)14-13(18-4)11-16-17(14)10-7-3/h11-12,15H,5-10H2,1-4H3. The molecule has 0 aliphatic rings. The first-order chi connectivity index (χ1) is 8.78. The second-order valence-electron chi connectivity index (χ2n) is 4.62. The van der Waals surface area contributed by atoms with Gasteiger partial charge in [0.05, 0.1) is 25.0 Å². The zero-order valence-electron chi connectivity index (χ0n) is 12.2. The third-order valence-electron chi connectivity index (χ3n) is 3.05. The van der Waals surface area contributed by atoms with Gasteiger partial charge in [-0.25, -0.2) is 0 Å². The van der Waals surface area contributed by atoms with Crippen molar-refractivity contribution in [3.63, 3.8) is 0 Å². The SMILES string of the molecule is CCCNC(CCC)c1c(OC)cnn1CCC. The van der Waals surface area contributed by atoms with E-state index in [0.29, 0.717) is 6.04 Å². The summed E-state index contributed by atoms with van der Waals surface area (Å²) < 4.78 is 7.54. The minimum atomic E-state index is 0.346. The largest absolute Gasteiger partial charge is 0.493 e. The van der Waals surface area contributed by atoms with Gasteiger partial charge < -0.3 is 10.1 Å². The van der Waals surface area contributed by atoms with Gasteiger partial charge in [-0.1, -0.05) is 27.2 Å². The third kappa shape index (κ3) is 3.73. The van der Waals surface area contributed by atoms with Crippen LogP contribution in [0.25, 0.3) is 0 Å². The number of nitrogens with one attached hydrogen (secondary N) is 1. The number of ether oxygens (including phenoxy) is 1. The van der Waals surface area contributed by atoms with E-state index in [4.69, 9.17) is 4.74 Å². The molecule has 1 aromatic rings. The first kappa shape index (κ1) is 15.0.